The summed E-state index contributed by atoms with van der Waals surface area (Å²) in [6, 6.07) is 18.2. The summed E-state index contributed by atoms with van der Waals surface area (Å²) >= 11 is 0. The molecule has 0 radical (unpaired) electrons. The van der Waals surface area contributed by atoms with Gasteiger partial charge in [0.05, 0.1) is 42.9 Å². The molecule has 2 saturated heterocycles. The number of fused-ring (bicyclic) bond motifs is 2. The summed E-state index contributed by atoms with van der Waals surface area (Å²) in [5.74, 6) is 1.51. The monoisotopic (exact) mass is 565 g/mol. The Labute approximate surface area is 242 Å². The first-order valence-corrected chi connectivity index (χ1v) is 14.1. The molecule has 0 unspecified atom stereocenters. The standard InChI is InChI=1S/C30H31N9O3/c40-30(41)38-13-11-37(12-14-38)26-8-6-22(19-31-26)27-28(32-20-23-7-5-21-3-1-2-4-24(21)34-23)35-29-25(9-10-33-39(27)29)36-15-17-42-18-16-36/h1-10,19,32H,11-18,20H2,(H,40,41). The van der Waals surface area contributed by atoms with Crippen LogP contribution in [0.15, 0.2) is 67.0 Å². The van der Waals surface area contributed by atoms with Crippen LogP contribution < -0.4 is 15.1 Å². The van der Waals surface area contributed by atoms with Crippen LogP contribution in [0.5, 0.6) is 0 Å². The summed E-state index contributed by atoms with van der Waals surface area (Å²) in [5.41, 5.74) is 5.32. The van der Waals surface area contributed by atoms with E-state index in [9.17, 15) is 9.90 Å². The molecular weight excluding hydrogens is 534 g/mol. The van der Waals surface area contributed by atoms with Crippen LogP contribution in [-0.4, -0.2) is 93.1 Å². The summed E-state index contributed by atoms with van der Waals surface area (Å²) in [6.07, 6.45) is 2.76. The molecule has 2 N–H and O–H groups in total. The number of ether oxygens (including phenoxy) is 1. The van der Waals surface area contributed by atoms with Crippen molar-refractivity contribution < 1.29 is 14.6 Å². The first kappa shape index (κ1) is 26.0. The highest BCUT2D eigenvalue weighted by atomic mass is 16.5. The smallest absolute Gasteiger partial charge is 0.407 e. The molecule has 2 aliphatic rings. The molecule has 214 valence electrons. The number of hydrogen-bond acceptors (Lipinski definition) is 9. The number of para-hydroxylation sites is 1. The number of carbonyl (C=O) groups is 1. The van der Waals surface area contributed by atoms with Crippen LogP contribution in [0.3, 0.4) is 0 Å². The number of anilines is 3. The van der Waals surface area contributed by atoms with Gasteiger partial charge in [-0.2, -0.15) is 5.10 Å². The molecular formula is C30H31N9O3. The molecule has 6 heterocycles. The molecule has 5 aromatic rings. The van der Waals surface area contributed by atoms with Crippen molar-refractivity contribution in [3.63, 3.8) is 0 Å². The SMILES string of the molecule is O=C(O)N1CCN(c2ccc(-c3c(NCc4ccc5ccccc5n4)nc4c(N5CCOCC5)ccnn34)cn2)CC1. The number of nitrogens with zero attached hydrogens (tertiary/aromatic N) is 8. The summed E-state index contributed by atoms with van der Waals surface area (Å²) < 4.78 is 7.46. The molecule has 0 spiro atoms. The van der Waals surface area contributed by atoms with Crippen molar-refractivity contribution in [1.82, 2.24) is 29.5 Å². The molecule has 1 aromatic carbocycles. The van der Waals surface area contributed by atoms with E-state index in [2.05, 4.69) is 27.2 Å². The third kappa shape index (κ3) is 5.00. The molecule has 42 heavy (non-hydrogen) atoms. The highest BCUT2D eigenvalue weighted by Crippen LogP contribution is 2.33. The summed E-state index contributed by atoms with van der Waals surface area (Å²) in [5, 5.41) is 18.6. The molecule has 1 amide bonds. The van der Waals surface area contributed by atoms with Crippen LogP contribution in [0.25, 0.3) is 27.8 Å². The molecule has 2 fully saturated rings. The Hall–Kier alpha value is -4.97. The zero-order valence-electron chi connectivity index (χ0n) is 23.1. The number of aromatic nitrogens is 5. The largest absolute Gasteiger partial charge is 0.465 e. The van der Waals surface area contributed by atoms with Gasteiger partial charge in [0.1, 0.15) is 11.5 Å². The van der Waals surface area contributed by atoms with Gasteiger partial charge in [-0.25, -0.2) is 19.3 Å². The van der Waals surface area contributed by atoms with Crippen molar-refractivity contribution >= 4 is 40.0 Å². The van der Waals surface area contributed by atoms with Gasteiger partial charge < -0.3 is 29.9 Å². The highest BCUT2D eigenvalue weighted by Gasteiger charge is 2.24. The maximum absolute atomic E-state index is 11.3. The Morgan fingerprint density at radius 2 is 1.74 bits per heavy atom. The minimum atomic E-state index is -0.881. The Bertz CT molecular complexity index is 1730. The van der Waals surface area contributed by atoms with Crippen LogP contribution in [-0.2, 0) is 11.3 Å². The summed E-state index contributed by atoms with van der Waals surface area (Å²) in [7, 11) is 0. The number of morpholine rings is 1. The maximum atomic E-state index is 11.3. The molecule has 0 saturated carbocycles. The van der Waals surface area contributed by atoms with Crippen molar-refractivity contribution in [3.05, 3.63) is 72.7 Å². The Balaban J connectivity index is 1.22. The van der Waals surface area contributed by atoms with Gasteiger partial charge in [0.25, 0.3) is 0 Å². The molecule has 0 aliphatic carbocycles. The lowest BCUT2D eigenvalue weighted by Crippen LogP contribution is -2.48. The van der Waals surface area contributed by atoms with Gasteiger partial charge >= 0.3 is 6.09 Å². The van der Waals surface area contributed by atoms with Crippen molar-refractivity contribution in [2.24, 2.45) is 0 Å². The second kappa shape index (κ2) is 11.1. The normalized spacial score (nSPS) is 15.9. The van der Waals surface area contributed by atoms with Crippen LogP contribution in [0, 0.1) is 0 Å². The van der Waals surface area contributed by atoms with Crippen LogP contribution in [0.2, 0.25) is 0 Å². The number of benzene rings is 1. The molecule has 0 atom stereocenters. The Morgan fingerprint density at radius 3 is 2.52 bits per heavy atom. The number of rotatable bonds is 6. The fraction of sp³-hybridized carbons (Fsp3) is 0.300. The fourth-order valence-corrected chi connectivity index (χ4v) is 5.59. The zero-order valence-corrected chi connectivity index (χ0v) is 23.1. The van der Waals surface area contributed by atoms with Gasteiger partial charge in [-0.1, -0.05) is 24.3 Å². The van der Waals surface area contributed by atoms with E-state index in [-0.39, 0.29) is 0 Å². The minimum absolute atomic E-state index is 0.455. The average molecular weight is 566 g/mol. The number of piperazine rings is 1. The molecule has 12 nitrogen and oxygen atoms in total. The second-order valence-corrected chi connectivity index (χ2v) is 10.4. The number of hydrogen-bond donors (Lipinski definition) is 2. The molecule has 2 aliphatic heterocycles. The van der Waals surface area contributed by atoms with E-state index < -0.39 is 6.09 Å². The topological polar surface area (TPSA) is 124 Å². The quantitative estimate of drug-likeness (QED) is 0.316. The van der Waals surface area contributed by atoms with Gasteiger partial charge in [-0.3, -0.25) is 4.98 Å². The van der Waals surface area contributed by atoms with E-state index in [1.165, 1.54) is 4.90 Å². The van der Waals surface area contributed by atoms with Gasteiger partial charge in [0, 0.05) is 56.4 Å². The van der Waals surface area contributed by atoms with E-state index in [1.54, 1.807) is 6.20 Å². The van der Waals surface area contributed by atoms with Crippen molar-refractivity contribution in [2.45, 2.75) is 6.54 Å². The van der Waals surface area contributed by atoms with Gasteiger partial charge in [-0.15, -0.1) is 0 Å². The Kier molecular flexibility index (Phi) is 6.88. The number of imidazole rings is 1. The first-order chi connectivity index (χ1) is 20.6. The number of carboxylic acid groups (broad SMARTS) is 1. The number of nitrogens with one attached hydrogen (secondary N) is 1. The minimum Gasteiger partial charge on any atom is -0.465 e. The second-order valence-electron chi connectivity index (χ2n) is 10.4. The number of pyridine rings is 2. The number of amides is 1. The molecule has 7 rings (SSSR count). The van der Waals surface area contributed by atoms with Crippen LogP contribution in [0.1, 0.15) is 5.69 Å². The highest BCUT2D eigenvalue weighted by molar-refractivity contribution is 5.82. The summed E-state index contributed by atoms with van der Waals surface area (Å²) in [6.45, 7) is 5.53. The predicted octanol–water partition coefficient (Wildman–Crippen LogP) is 3.59. The molecule has 4 aromatic heterocycles. The lowest BCUT2D eigenvalue weighted by Gasteiger charge is -2.33. The third-order valence-corrected chi connectivity index (χ3v) is 7.84. The Morgan fingerprint density at radius 1 is 0.905 bits per heavy atom. The van der Waals surface area contributed by atoms with E-state index in [0.717, 1.165) is 58.1 Å². The van der Waals surface area contributed by atoms with Gasteiger partial charge in [-0.05, 0) is 30.3 Å². The van der Waals surface area contributed by atoms with Crippen molar-refractivity contribution in [3.8, 4) is 11.3 Å². The van der Waals surface area contributed by atoms with Gasteiger partial charge in [0.15, 0.2) is 11.5 Å². The first-order valence-electron chi connectivity index (χ1n) is 14.1. The van der Waals surface area contributed by atoms with Crippen molar-refractivity contribution in [2.75, 3.05) is 67.6 Å². The van der Waals surface area contributed by atoms with Crippen LogP contribution >= 0.6 is 0 Å². The fourth-order valence-electron chi connectivity index (χ4n) is 5.59. The average Bonchev–Trinajstić information content (AvgIpc) is 3.43. The van der Waals surface area contributed by atoms with E-state index in [4.69, 9.17) is 24.8 Å². The van der Waals surface area contributed by atoms with Crippen LogP contribution in [0.4, 0.5) is 22.1 Å². The summed E-state index contributed by atoms with van der Waals surface area (Å²) in [4.78, 5) is 31.8. The van der Waals surface area contributed by atoms with E-state index >= 15 is 0 Å². The van der Waals surface area contributed by atoms with Gasteiger partial charge in [0.2, 0.25) is 0 Å². The lowest BCUT2D eigenvalue weighted by molar-refractivity contribution is 0.123. The molecule has 0 bridgehead atoms. The van der Waals surface area contributed by atoms with E-state index in [1.807, 2.05) is 53.2 Å². The predicted molar refractivity (Wildman–Crippen MR) is 160 cm³/mol. The zero-order chi connectivity index (χ0) is 28.5. The third-order valence-electron chi connectivity index (χ3n) is 7.84. The maximum Gasteiger partial charge on any atom is 0.407 e. The van der Waals surface area contributed by atoms with Crippen molar-refractivity contribution in [1.29, 1.82) is 0 Å². The van der Waals surface area contributed by atoms with E-state index in [0.29, 0.717) is 51.8 Å². The molecule has 12 heteroatoms. The lowest BCUT2D eigenvalue weighted by atomic mass is 10.2.